The van der Waals surface area contributed by atoms with E-state index in [9.17, 15) is 4.79 Å². The van der Waals surface area contributed by atoms with Crippen molar-refractivity contribution in [3.8, 4) is 0 Å². The Kier molecular flexibility index (Phi) is 8.18. The smallest absolute Gasteiger partial charge is 0.309 e. The number of hydrogen-bond donors (Lipinski definition) is 0. The number of unbranched alkanes of at least 4 members (excludes halogenated alkanes) is 1. The molecule has 0 amide bonds. The highest BCUT2D eigenvalue weighted by Crippen LogP contribution is 2.45. The van der Waals surface area contributed by atoms with Crippen LogP contribution in [-0.4, -0.2) is 12.6 Å². The Bertz CT molecular complexity index is 516. The van der Waals surface area contributed by atoms with Crippen LogP contribution in [0.25, 0.3) is 0 Å². The van der Waals surface area contributed by atoms with E-state index in [-0.39, 0.29) is 22.7 Å². The van der Waals surface area contributed by atoms with E-state index < -0.39 is 0 Å². The average Bonchev–Trinajstić information content (AvgIpc) is 2.59. The van der Waals surface area contributed by atoms with Crippen LogP contribution < -0.4 is 0 Å². The first kappa shape index (κ1) is 21.7. The van der Waals surface area contributed by atoms with E-state index in [0.29, 0.717) is 12.5 Å². The first-order valence-electron chi connectivity index (χ1n) is 9.87. The minimum atomic E-state index is -0.0736. The fourth-order valence-corrected chi connectivity index (χ4v) is 3.24. The molecule has 0 fully saturated rings. The molecule has 0 saturated carbocycles. The fraction of sp³-hybridized carbons (Fsp3) is 0.696. The van der Waals surface area contributed by atoms with Gasteiger partial charge >= 0.3 is 5.97 Å². The van der Waals surface area contributed by atoms with E-state index in [2.05, 4.69) is 78.8 Å². The van der Waals surface area contributed by atoms with E-state index in [1.54, 1.807) is 0 Å². The highest BCUT2D eigenvalue weighted by Gasteiger charge is 2.41. The van der Waals surface area contributed by atoms with Crippen LogP contribution in [0.1, 0.15) is 85.6 Å². The molecule has 2 nitrogen and oxygen atoms in total. The Morgan fingerprint density at radius 1 is 1.04 bits per heavy atom. The number of benzene rings is 1. The monoisotopic (exact) mass is 346 g/mol. The maximum absolute atomic E-state index is 12.8. The summed E-state index contributed by atoms with van der Waals surface area (Å²) in [4.78, 5) is 12.8. The first-order chi connectivity index (χ1) is 11.7. The van der Waals surface area contributed by atoms with Crippen LogP contribution >= 0.6 is 0 Å². The molecule has 2 heteroatoms. The van der Waals surface area contributed by atoms with Crippen molar-refractivity contribution >= 4 is 5.97 Å². The van der Waals surface area contributed by atoms with Gasteiger partial charge in [-0.3, -0.25) is 4.79 Å². The summed E-state index contributed by atoms with van der Waals surface area (Å²) in [6.07, 6.45) is 3.80. The molecule has 0 heterocycles. The standard InChI is InChI=1S/C23H38O2/c1-8-10-16-25-21(24)20(22(4,5)9-2)17-23(6,7)18(3)19-14-12-11-13-15-19/h11-15,18,20H,8-10,16-17H2,1-7H3. The highest BCUT2D eigenvalue weighted by molar-refractivity contribution is 5.73. The van der Waals surface area contributed by atoms with Crippen molar-refractivity contribution in [2.75, 3.05) is 6.61 Å². The molecule has 0 aliphatic carbocycles. The van der Waals surface area contributed by atoms with E-state index in [1.807, 2.05) is 0 Å². The van der Waals surface area contributed by atoms with E-state index in [4.69, 9.17) is 4.74 Å². The van der Waals surface area contributed by atoms with E-state index >= 15 is 0 Å². The second-order valence-electron chi connectivity index (χ2n) is 8.74. The third-order valence-corrected chi connectivity index (χ3v) is 6.08. The van der Waals surface area contributed by atoms with E-state index in [0.717, 1.165) is 25.7 Å². The van der Waals surface area contributed by atoms with Gasteiger partial charge in [0.2, 0.25) is 0 Å². The molecule has 1 rings (SSSR count). The van der Waals surface area contributed by atoms with Crippen molar-refractivity contribution in [3.05, 3.63) is 35.9 Å². The molecule has 0 radical (unpaired) electrons. The van der Waals surface area contributed by atoms with Gasteiger partial charge in [-0.25, -0.2) is 0 Å². The summed E-state index contributed by atoms with van der Waals surface area (Å²) in [6, 6.07) is 10.6. The van der Waals surface area contributed by atoms with E-state index in [1.165, 1.54) is 5.56 Å². The minimum absolute atomic E-state index is 0.0161. The number of carbonyl (C=O) groups excluding carboxylic acids is 1. The van der Waals surface area contributed by atoms with Crippen LogP contribution in [0, 0.1) is 16.7 Å². The van der Waals surface area contributed by atoms with Gasteiger partial charge in [0.25, 0.3) is 0 Å². The first-order valence-corrected chi connectivity index (χ1v) is 9.87. The fourth-order valence-electron chi connectivity index (χ4n) is 3.24. The van der Waals surface area contributed by atoms with Gasteiger partial charge in [-0.15, -0.1) is 0 Å². The van der Waals surface area contributed by atoms with Crippen molar-refractivity contribution < 1.29 is 9.53 Å². The minimum Gasteiger partial charge on any atom is -0.465 e. The van der Waals surface area contributed by atoms with Crippen molar-refractivity contribution in [1.82, 2.24) is 0 Å². The Hall–Kier alpha value is -1.31. The summed E-state index contributed by atoms with van der Waals surface area (Å²) >= 11 is 0. The van der Waals surface area contributed by atoms with Gasteiger partial charge in [0.05, 0.1) is 12.5 Å². The molecule has 0 saturated heterocycles. The Morgan fingerprint density at radius 2 is 1.64 bits per heavy atom. The second kappa shape index (κ2) is 9.40. The van der Waals surface area contributed by atoms with Crippen LogP contribution in [0.4, 0.5) is 0 Å². The van der Waals surface area contributed by atoms with Crippen molar-refractivity contribution in [2.24, 2.45) is 16.7 Å². The predicted molar refractivity (Wildman–Crippen MR) is 107 cm³/mol. The third-order valence-electron chi connectivity index (χ3n) is 6.08. The SMILES string of the molecule is CCCCOC(=O)C(CC(C)(C)C(C)c1ccccc1)C(C)(C)CC. The molecule has 1 aromatic carbocycles. The molecule has 0 spiro atoms. The van der Waals surface area contributed by atoms with Gasteiger partial charge in [0.15, 0.2) is 0 Å². The molecule has 2 atom stereocenters. The molecule has 2 unspecified atom stereocenters. The van der Waals surface area contributed by atoms with Crippen LogP contribution in [0.2, 0.25) is 0 Å². The lowest BCUT2D eigenvalue weighted by Gasteiger charge is -2.40. The second-order valence-corrected chi connectivity index (χ2v) is 8.74. The molecule has 142 valence electrons. The molecule has 25 heavy (non-hydrogen) atoms. The Labute approximate surface area is 155 Å². The molecule has 0 aliphatic rings. The third kappa shape index (κ3) is 6.17. The average molecular weight is 347 g/mol. The van der Waals surface area contributed by atoms with Crippen LogP contribution in [0.15, 0.2) is 30.3 Å². The summed E-state index contributed by atoms with van der Waals surface area (Å²) in [5.41, 5.74) is 1.29. The van der Waals surface area contributed by atoms with Crippen molar-refractivity contribution in [2.45, 2.75) is 80.1 Å². The van der Waals surface area contributed by atoms with Crippen molar-refractivity contribution in [3.63, 3.8) is 0 Å². The maximum atomic E-state index is 12.8. The Morgan fingerprint density at radius 3 is 2.16 bits per heavy atom. The van der Waals surface area contributed by atoms with Gasteiger partial charge in [0, 0.05) is 0 Å². The molecular formula is C23H38O2. The van der Waals surface area contributed by atoms with Gasteiger partial charge in [-0.05, 0) is 35.2 Å². The summed E-state index contributed by atoms with van der Waals surface area (Å²) < 4.78 is 5.63. The largest absolute Gasteiger partial charge is 0.465 e. The highest BCUT2D eigenvalue weighted by atomic mass is 16.5. The normalized spacial score (nSPS) is 14.8. The summed E-state index contributed by atoms with van der Waals surface area (Å²) in [5.74, 6) is 0.288. The molecular weight excluding hydrogens is 308 g/mol. The topological polar surface area (TPSA) is 26.3 Å². The number of ether oxygens (including phenoxy) is 1. The van der Waals surface area contributed by atoms with Gasteiger partial charge < -0.3 is 4.74 Å². The van der Waals surface area contributed by atoms with Crippen LogP contribution in [0.3, 0.4) is 0 Å². The Balaban J connectivity index is 2.96. The molecule has 0 aromatic heterocycles. The lowest BCUT2D eigenvalue weighted by atomic mass is 9.64. The summed E-state index contributed by atoms with van der Waals surface area (Å²) in [6.45, 7) is 16.1. The zero-order valence-corrected chi connectivity index (χ0v) is 17.4. The van der Waals surface area contributed by atoms with Crippen molar-refractivity contribution in [1.29, 1.82) is 0 Å². The lowest BCUT2D eigenvalue weighted by molar-refractivity contribution is -0.155. The van der Waals surface area contributed by atoms with Crippen LogP contribution in [0.5, 0.6) is 0 Å². The molecule has 0 N–H and O–H groups in total. The van der Waals surface area contributed by atoms with Crippen LogP contribution in [-0.2, 0) is 9.53 Å². The number of esters is 1. The summed E-state index contributed by atoms with van der Waals surface area (Å²) in [7, 11) is 0. The van der Waals surface area contributed by atoms with Gasteiger partial charge in [-0.2, -0.15) is 0 Å². The number of carbonyl (C=O) groups is 1. The molecule has 0 aliphatic heterocycles. The number of hydrogen-bond acceptors (Lipinski definition) is 2. The zero-order chi connectivity index (χ0) is 19.1. The van der Waals surface area contributed by atoms with Gasteiger partial charge in [-0.1, -0.05) is 91.6 Å². The lowest BCUT2D eigenvalue weighted by Crippen LogP contribution is -2.37. The number of rotatable bonds is 10. The molecule has 1 aromatic rings. The summed E-state index contributed by atoms with van der Waals surface area (Å²) in [5, 5.41) is 0. The maximum Gasteiger partial charge on any atom is 0.309 e. The predicted octanol–water partition coefficient (Wildman–Crippen LogP) is 6.60. The van der Waals surface area contributed by atoms with Gasteiger partial charge in [0.1, 0.15) is 0 Å². The quantitative estimate of drug-likeness (QED) is 0.352. The molecule has 0 bridgehead atoms. The zero-order valence-electron chi connectivity index (χ0n) is 17.4.